The van der Waals surface area contributed by atoms with E-state index in [0.29, 0.717) is 17.9 Å². The molecule has 2 aliphatic rings. The van der Waals surface area contributed by atoms with E-state index < -0.39 is 0 Å². The quantitative estimate of drug-likeness (QED) is 0.431. The fourth-order valence-corrected chi connectivity index (χ4v) is 4.71. The number of aliphatic hydroxyl groups is 1. The Morgan fingerprint density at radius 3 is 2.57 bits per heavy atom. The van der Waals surface area contributed by atoms with Crippen molar-refractivity contribution in [2.45, 2.75) is 99.1 Å². The van der Waals surface area contributed by atoms with Gasteiger partial charge in [0.25, 0.3) is 0 Å². The lowest BCUT2D eigenvalue weighted by Crippen LogP contribution is -2.22. The van der Waals surface area contributed by atoms with Crippen LogP contribution in [0, 0.1) is 18.3 Å². The second kappa shape index (κ2) is 12.0. The lowest BCUT2D eigenvalue weighted by atomic mass is 9.97. The fourth-order valence-electron chi connectivity index (χ4n) is 4.71. The van der Waals surface area contributed by atoms with Crippen molar-refractivity contribution in [3.8, 4) is 11.3 Å². The molecule has 0 amide bonds. The molecule has 1 aliphatic carbocycles. The van der Waals surface area contributed by atoms with Crippen LogP contribution in [0.15, 0.2) is 15.5 Å². The van der Waals surface area contributed by atoms with Crippen LogP contribution in [0.5, 0.6) is 0 Å². The number of furan rings is 1. The lowest BCUT2D eigenvalue weighted by molar-refractivity contribution is 0.229. The third-order valence-electron chi connectivity index (χ3n) is 6.72. The van der Waals surface area contributed by atoms with Crippen molar-refractivity contribution >= 4 is 18.0 Å². The van der Waals surface area contributed by atoms with Crippen molar-refractivity contribution < 1.29 is 9.52 Å². The number of rotatable bonds is 7. The molecule has 1 fully saturated rings. The average Bonchev–Trinajstić information content (AvgIpc) is 3.40. The van der Waals surface area contributed by atoms with Crippen LogP contribution in [0.4, 0.5) is 11.8 Å². The van der Waals surface area contributed by atoms with Gasteiger partial charge in [-0.15, -0.1) is 0 Å². The van der Waals surface area contributed by atoms with E-state index in [-0.39, 0.29) is 18.1 Å². The molecule has 0 spiro atoms. The minimum Gasteiger partial charge on any atom is -0.455 e. The van der Waals surface area contributed by atoms with E-state index in [4.69, 9.17) is 19.4 Å². The maximum Gasteiger partial charge on any atom is 0.224 e. The van der Waals surface area contributed by atoms with Crippen LogP contribution in [-0.2, 0) is 6.42 Å². The smallest absolute Gasteiger partial charge is 0.224 e. The second-order valence-electron chi connectivity index (χ2n) is 10.9. The van der Waals surface area contributed by atoms with Gasteiger partial charge in [0.15, 0.2) is 0 Å². The van der Waals surface area contributed by atoms with Crippen LogP contribution in [-0.4, -0.2) is 46.5 Å². The number of nitrogens with one attached hydrogen (secondary N) is 2. The molecule has 3 heterocycles. The Kier molecular flexibility index (Phi) is 9.34. The average molecular weight is 484 g/mol. The first-order valence-electron chi connectivity index (χ1n) is 13.4. The molecule has 2 aromatic heterocycles. The van der Waals surface area contributed by atoms with Crippen LogP contribution in [0.2, 0.25) is 0 Å². The molecule has 194 valence electrons. The first-order valence-corrected chi connectivity index (χ1v) is 13.4. The van der Waals surface area contributed by atoms with Crippen LogP contribution in [0.3, 0.4) is 0 Å². The fraction of sp³-hybridized carbons (Fsp3) is 0.679. The summed E-state index contributed by atoms with van der Waals surface area (Å²) in [6, 6.07) is 2.79. The highest BCUT2D eigenvalue weighted by molar-refractivity contribution is 5.83. The van der Waals surface area contributed by atoms with Crippen molar-refractivity contribution in [2.24, 2.45) is 16.3 Å². The molecular formula is C28H45N5O2. The number of aliphatic imine (C=N–C) groups is 1. The molecule has 1 saturated carbocycles. The molecule has 1 aliphatic heterocycles. The van der Waals surface area contributed by atoms with E-state index in [0.717, 1.165) is 73.7 Å². The van der Waals surface area contributed by atoms with Gasteiger partial charge < -0.3 is 20.2 Å². The van der Waals surface area contributed by atoms with E-state index in [1.54, 1.807) is 0 Å². The second-order valence-corrected chi connectivity index (χ2v) is 10.9. The predicted octanol–water partition coefficient (Wildman–Crippen LogP) is 6.25. The first kappa shape index (κ1) is 27.2. The number of hydrogen-bond donors (Lipinski definition) is 3. The normalized spacial score (nSPS) is 21.7. The van der Waals surface area contributed by atoms with Crippen molar-refractivity contribution in [1.29, 1.82) is 0 Å². The molecule has 3 atom stereocenters. The molecular weight excluding hydrogens is 438 g/mol. The van der Waals surface area contributed by atoms with Crippen LogP contribution in [0.25, 0.3) is 11.3 Å². The van der Waals surface area contributed by atoms with E-state index in [9.17, 15) is 5.11 Å². The highest BCUT2D eigenvalue weighted by Crippen LogP contribution is 2.37. The zero-order valence-electron chi connectivity index (χ0n) is 22.7. The van der Waals surface area contributed by atoms with E-state index in [1.165, 1.54) is 5.56 Å². The van der Waals surface area contributed by atoms with Crippen molar-refractivity contribution in [2.75, 3.05) is 23.8 Å². The Morgan fingerprint density at radius 1 is 1.14 bits per heavy atom. The Bertz CT molecular complexity index is 992. The van der Waals surface area contributed by atoms with Gasteiger partial charge in [-0.3, -0.25) is 4.99 Å². The van der Waals surface area contributed by atoms with Gasteiger partial charge in [0, 0.05) is 24.8 Å². The van der Waals surface area contributed by atoms with Gasteiger partial charge in [0.05, 0.1) is 23.5 Å². The molecule has 4 rings (SSSR count). The van der Waals surface area contributed by atoms with Crippen LogP contribution in [0.1, 0.15) is 90.7 Å². The van der Waals surface area contributed by atoms with E-state index >= 15 is 0 Å². The summed E-state index contributed by atoms with van der Waals surface area (Å²) in [6.07, 6.45) is 7.96. The lowest BCUT2D eigenvalue weighted by Gasteiger charge is -2.21. The summed E-state index contributed by atoms with van der Waals surface area (Å²) in [5.41, 5.74) is 3.12. The van der Waals surface area contributed by atoms with Crippen molar-refractivity contribution in [1.82, 2.24) is 9.97 Å². The van der Waals surface area contributed by atoms with E-state index in [1.807, 2.05) is 27.0 Å². The maximum atomic E-state index is 9.58. The zero-order chi connectivity index (χ0) is 25.6. The highest BCUT2D eigenvalue weighted by Gasteiger charge is 2.27. The summed E-state index contributed by atoms with van der Waals surface area (Å²) in [6.45, 7) is 15.8. The van der Waals surface area contributed by atoms with Crippen LogP contribution < -0.4 is 10.6 Å². The minimum absolute atomic E-state index is 0.123. The van der Waals surface area contributed by atoms with Crippen LogP contribution >= 0.6 is 0 Å². The monoisotopic (exact) mass is 483 g/mol. The molecule has 2 aromatic rings. The van der Waals surface area contributed by atoms with E-state index in [2.05, 4.69) is 44.4 Å². The third-order valence-corrected chi connectivity index (χ3v) is 6.72. The molecule has 0 radical (unpaired) electrons. The Balaban J connectivity index is 0.00000167. The summed E-state index contributed by atoms with van der Waals surface area (Å²) in [5, 5.41) is 16.6. The molecule has 3 N–H and O–H groups in total. The van der Waals surface area contributed by atoms with Gasteiger partial charge in [-0.2, -0.15) is 4.98 Å². The molecule has 0 saturated heterocycles. The zero-order valence-corrected chi connectivity index (χ0v) is 22.7. The SMILES string of the molecule is CC.CCC1CCc2cc(-c3c(C)nc(NCC(C)(C)C)nc3N[C@H]3CCC(CO)C3)oc2C=N1. The molecule has 35 heavy (non-hydrogen) atoms. The largest absolute Gasteiger partial charge is 0.455 e. The first-order chi connectivity index (χ1) is 16.8. The Labute approximate surface area is 211 Å². The van der Waals surface area contributed by atoms with Gasteiger partial charge in [-0.25, -0.2) is 4.98 Å². The number of nitrogens with zero attached hydrogens (tertiary/aromatic N) is 3. The molecule has 2 unspecified atom stereocenters. The number of aromatic nitrogens is 2. The summed E-state index contributed by atoms with van der Waals surface area (Å²) >= 11 is 0. The topological polar surface area (TPSA) is 95.6 Å². The highest BCUT2D eigenvalue weighted by atomic mass is 16.3. The molecule has 0 aromatic carbocycles. The Hall–Kier alpha value is -2.41. The third kappa shape index (κ3) is 7.06. The van der Waals surface area contributed by atoms with Gasteiger partial charge in [-0.1, -0.05) is 41.5 Å². The van der Waals surface area contributed by atoms with Crippen molar-refractivity contribution in [3.05, 3.63) is 23.1 Å². The maximum absolute atomic E-state index is 9.58. The summed E-state index contributed by atoms with van der Waals surface area (Å²) in [5.74, 6) is 3.43. The Morgan fingerprint density at radius 2 is 1.91 bits per heavy atom. The minimum atomic E-state index is 0.123. The summed E-state index contributed by atoms with van der Waals surface area (Å²) in [7, 11) is 0. The summed E-state index contributed by atoms with van der Waals surface area (Å²) in [4.78, 5) is 14.4. The number of hydrogen-bond acceptors (Lipinski definition) is 7. The predicted molar refractivity (Wildman–Crippen MR) is 146 cm³/mol. The summed E-state index contributed by atoms with van der Waals surface area (Å²) < 4.78 is 6.32. The number of aliphatic hydroxyl groups excluding tert-OH is 1. The number of anilines is 2. The van der Waals surface area contributed by atoms with Crippen molar-refractivity contribution in [3.63, 3.8) is 0 Å². The van der Waals surface area contributed by atoms with Gasteiger partial charge in [0.1, 0.15) is 17.3 Å². The van der Waals surface area contributed by atoms with Gasteiger partial charge in [0.2, 0.25) is 5.95 Å². The molecule has 0 bridgehead atoms. The molecule has 7 heteroatoms. The molecule has 7 nitrogen and oxygen atoms in total. The number of aryl methyl sites for hydroxylation is 2. The number of fused-ring (bicyclic) bond motifs is 1. The van der Waals surface area contributed by atoms with Gasteiger partial charge in [-0.05, 0) is 62.8 Å². The standard InChI is InChI=1S/C26H39N5O2.C2H6/c1-6-19-10-8-18-12-21(33-22(18)13-27-19)23-16(2)29-25(28-15-26(3,4)5)31-24(23)30-20-9-7-17(11-20)14-32;1-2/h12-13,17,19-20,32H,6-11,14-15H2,1-5H3,(H2,28,29,30,31);1-2H3/t17?,19?,20-;/m0./s1. The van der Waals surface area contributed by atoms with Gasteiger partial charge >= 0.3 is 0 Å².